The highest BCUT2D eigenvalue weighted by Crippen LogP contribution is 2.19. The SMILES string of the molecule is CNc1ccc(C#C/C=C/c2cc3ccccc3o2)c(F)n1. The number of furan rings is 1. The van der Waals surface area contributed by atoms with E-state index in [9.17, 15) is 4.39 Å². The maximum absolute atomic E-state index is 13.6. The molecule has 0 aliphatic rings. The van der Waals surface area contributed by atoms with Crippen molar-refractivity contribution >= 4 is 22.9 Å². The van der Waals surface area contributed by atoms with Crippen molar-refractivity contribution in [1.82, 2.24) is 4.98 Å². The summed E-state index contributed by atoms with van der Waals surface area (Å²) in [5.41, 5.74) is 1.08. The number of fused-ring (bicyclic) bond motifs is 1. The van der Waals surface area contributed by atoms with Gasteiger partial charge in [0.1, 0.15) is 17.2 Å². The standard InChI is InChI=1S/C18H13FN2O/c1-20-17-11-10-13(18(19)21-17)6-2-4-8-15-12-14-7-3-5-9-16(14)22-15/h3-5,7-12H,1H3,(H,20,21)/b8-4+. The lowest BCUT2D eigenvalue weighted by atomic mass is 10.2. The first kappa shape index (κ1) is 13.9. The maximum Gasteiger partial charge on any atom is 0.230 e. The number of benzene rings is 1. The highest BCUT2D eigenvalue weighted by molar-refractivity contribution is 5.79. The third kappa shape index (κ3) is 2.99. The molecular weight excluding hydrogens is 279 g/mol. The van der Waals surface area contributed by atoms with E-state index < -0.39 is 5.95 Å². The highest BCUT2D eigenvalue weighted by atomic mass is 19.1. The van der Waals surface area contributed by atoms with Crippen LogP contribution in [-0.4, -0.2) is 12.0 Å². The molecule has 0 fully saturated rings. The lowest BCUT2D eigenvalue weighted by Crippen LogP contribution is -1.96. The third-order valence-electron chi connectivity index (χ3n) is 3.09. The minimum atomic E-state index is -0.587. The molecule has 0 radical (unpaired) electrons. The van der Waals surface area contributed by atoms with Gasteiger partial charge in [-0.05, 0) is 36.4 Å². The van der Waals surface area contributed by atoms with Gasteiger partial charge >= 0.3 is 0 Å². The molecule has 1 N–H and O–H groups in total. The molecule has 3 aromatic rings. The molecule has 2 heterocycles. The number of halogens is 1. The second kappa shape index (κ2) is 6.15. The summed E-state index contributed by atoms with van der Waals surface area (Å²) in [5.74, 6) is 6.10. The van der Waals surface area contributed by atoms with Crippen LogP contribution in [0.2, 0.25) is 0 Å². The molecule has 0 aliphatic heterocycles. The number of aromatic nitrogens is 1. The Morgan fingerprint density at radius 3 is 2.86 bits per heavy atom. The monoisotopic (exact) mass is 292 g/mol. The summed E-state index contributed by atoms with van der Waals surface area (Å²) >= 11 is 0. The topological polar surface area (TPSA) is 38.1 Å². The molecule has 0 saturated heterocycles. The second-order valence-electron chi connectivity index (χ2n) is 4.57. The summed E-state index contributed by atoms with van der Waals surface area (Å²) < 4.78 is 19.3. The van der Waals surface area contributed by atoms with Gasteiger partial charge in [-0.15, -0.1) is 0 Å². The number of hydrogen-bond donors (Lipinski definition) is 1. The number of rotatable bonds is 2. The average molecular weight is 292 g/mol. The minimum Gasteiger partial charge on any atom is -0.457 e. The van der Waals surface area contributed by atoms with Crippen molar-refractivity contribution in [2.24, 2.45) is 0 Å². The molecule has 0 aliphatic carbocycles. The quantitative estimate of drug-likeness (QED) is 0.571. The zero-order chi connectivity index (χ0) is 15.4. The molecule has 0 spiro atoms. The number of allylic oxidation sites excluding steroid dienone is 1. The molecule has 1 aromatic carbocycles. The number of nitrogens with one attached hydrogen (secondary N) is 1. The van der Waals surface area contributed by atoms with Crippen molar-refractivity contribution in [3.63, 3.8) is 0 Å². The number of hydrogen-bond acceptors (Lipinski definition) is 3. The molecule has 0 bridgehead atoms. The molecule has 22 heavy (non-hydrogen) atoms. The molecule has 0 atom stereocenters. The van der Waals surface area contributed by atoms with Crippen molar-refractivity contribution in [2.45, 2.75) is 0 Å². The fourth-order valence-corrected chi connectivity index (χ4v) is 1.99. The number of anilines is 1. The molecular formula is C18H13FN2O. The second-order valence-corrected chi connectivity index (χ2v) is 4.57. The van der Waals surface area contributed by atoms with Gasteiger partial charge in [0, 0.05) is 12.4 Å². The Balaban J connectivity index is 1.77. The lowest BCUT2D eigenvalue weighted by Gasteiger charge is -1.98. The van der Waals surface area contributed by atoms with Gasteiger partial charge in [0.15, 0.2) is 0 Å². The Bertz CT molecular complexity index is 867. The van der Waals surface area contributed by atoms with E-state index in [1.165, 1.54) is 0 Å². The fourth-order valence-electron chi connectivity index (χ4n) is 1.99. The van der Waals surface area contributed by atoms with Gasteiger partial charge in [-0.2, -0.15) is 4.39 Å². The van der Waals surface area contributed by atoms with Crippen LogP contribution in [0.5, 0.6) is 0 Å². The van der Waals surface area contributed by atoms with E-state index in [0.717, 1.165) is 11.0 Å². The van der Waals surface area contributed by atoms with Crippen molar-refractivity contribution in [1.29, 1.82) is 0 Å². The number of para-hydroxylation sites is 1. The molecule has 0 unspecified atom stereocenters. The Hall–Kier alpha value is -3.06. The zero-order valence-corrected chi connectivity index (χ0v) is 11.9. The molecule has 108 valence electrons. The van der Waals surface area contributed by atoms with Crippen LogP contribution in [-0.2, 0) is 0 Å². The first-order valence-electron chi connectivity index (χ1n) is 6.77. The van der Waals surface area contributed by atoms with Crippen molar-refractivity contribution in [2.75, 3.05) is 12.4 Å². The van der Waals surface area contributed by atoms with Crippen LogP contribution in [0.3, 0.4) is 0 Å². The van der Waals surface area contributed by atoms with Crippen LogP contribution in [0.1, 0.15) is 11.3 Å². The van der Waals surface area contributed by atoms with E-state index in [2.05, 4.69) is 22.1 Å². The molecule has 4 heteroatoms. The van der Waals surface area contributed by atoms with E-state index in [1.807, 2.05) is 30.3 Å². The zero-order valence-electron chi connectivity index (χ0n) is 11.9. The molecule has 3 nitrogen and oxygen atoms in total. The average Bonchev–Trinajstić information content (AvgIpc) is 2.95. The lowest BCUT2D eigenvalue weighted by molar-refractivity contribution is 0.582. The summed E-state index contributed by atoms with van der Waals surface area (Å²) in [6.45, 7) is 0. The summed E-state index contributed by atoms with van der Waals surface area (Å²) in [6, 6.07) is 13.0. The summed E-state index contributed by atoms with van der Waals surface area (Å²) in [5, 5.41) is 3.81. The third-order valence-corrected chi connectivity index (χ3v) is 3.09. The first-order chi connectivity index (χ1) is 10.8. The van der Waals surface area contributed by atoms with Gasteiger partial charge in [-0.1, -0.05) is 30.0 Å². The maximum atomic E-state index is 13.6. The van der Waals surface area contributed by atoms with Gasteiger partial charge in [-0.25, -0.2) is 4.98 Å². The van der Waals surface area contributed by atoms with Crippen molar-refractivity contribution in [3.8, 4) is 11.8 Å². The summed E-state index contributed by atoms with van der Waals surface area (Å²) in [6.07, 6.45) is 3.38. The van der Waals surface area contributed by atoms with Crippen LogP contribution >= 0.6 is 0 Å². The highest BCUT2D eigenvalue weighted by Gasteiger charge is 2.01. The molecule has 2 aromatic heterocycles. The predicted molar refractivity (Wildman–Crippen MR) is 85.9 cm³/mol. The van der Waals surface area contributed by atoms with E-state index in [0.29, 0.717) is 11.6 Å². The van der Waals surface area contributed by atoms with Crippen molar-refractivity contribution in [3.05, 3.63) is 65.8 Å². The van der Waals surface area contributed by atoms with E-state index in [1.54, 1.807) is 31.3 Å². The van der Waals surface area contributed by atoms with E-state index in [-0.39, 0.29) is 5.56 Å². The Morgan fingerprint density at radius 1 is 1.23 bits per heavy atom. The summed E-state index contributed by atoms with van der Waals surface area (Å²) in [7, 11) is 1.68. The Labute approximate surface area is 127 Å². The van der Waals surface area contributed by atoms with Crippen LogP contribution in [0.4, 0.5) is 10.2 Å². The van der Waals surface area contributed by atoms with Gasteiger partial charge < -0.3 is 9.73 Å². The van der Waals surface area contributed by atoms with Crippen LogP contribution in [0.15, 0.2) is 53.0 Å². The predicted octanol–water partition coefficient (Wildman–Crippen LogP) is 4.07. The Morgan fingerprint density at radius 2 is 2.09 bits per heavy atom. The first-order valence-corrected chi connectivity index (χ1v) is 6.77. The minimum absolute atomic E-state index is 0.258. The van der Waals surface area contributed by atoms with Crippen LogP contribution < -0.4 is 5.32 Å². The van der Waals surface area contributed by atoms with Gasteiger partial charge in [0.2, 0.25) is 5.95 Å². The smallest absolute Gasteiger partial charge is 0.230 e. The Kier molecular flexibility index (Phi) is 3.88. The van der Waals surface area contributed by atoms with Gasteiger partial charge in [0.05, 0.1) is 5.56 Å². The van der Waals surface area contributed by atoms with Crippen molar-refractivity contribution < 1.29 is 8.81 Å². The van der Waals surface area contributed by atoms with Gasteiger partial charge in [0.25, 0.3) is 0 Å². The molecule has 3 rings (SSSR count). The van der Waals surface area contributed by atoms with E-state index >= 15 is 0 Å². The van der Waals surface area contributed by atoms with Gasteiger partial charge in [-0.3, -0.25) is 0 Å². The summed E-state index contributed by atoms with van der Waals surface area (Å²) in [4.78, 5) is 3.73. The van der Waals surface area contributed by atoms with Crippen LogP contribution in [0, 0.1) is 17.8 Å². The van der Waals surface area contributed by atoms with E-state index in [4.69, 9.17) is 4.42 Å². The normalized spacial score (nSPS) is 10.6. The largest absolute Gasteiger partial charge is 0.457 e. The van der Waals surface area contributed by atoms with Crippen LogP contribution in [0.25, 0.3) is 17.0 Å². The number of nitrogens with zero attached hydrogens (tertiary/aromatic N) is 1. The number of pyridine rings is 1. The fraction of sp³-hybridized carbons (Fsp3) is 0.0556. The molecule has 0 saturated carbocycles. The molecule has 0 amide bonds.